The lowest BCUT2D eigenvalue weighted by atomic mass is 10.1. The second kappa shape index (κ2) is 10.8. The molecule has 2 fully saturated rings. The third kappa shape index (κ3) is 5.60. The minimum Gasteiger partial charge on any atom is -0.474 e. The lowest BCUT2D eigenvalue weighted by Crippen LogP contribution is -2.39. The van der Waals surface area contributed by atoms with E-state index in [0.717, 1.165) is 74.6 Å². The van der Waals surface area contributed by atoms with E-state index in [4.69, 9.17) is 31.8 Å². The Labute approximate surface area is 225 Å². The van der Waals surface area contributed by atoms with Crippen molar-refractivity contribution in [1.82, 2.24) is 24.4 Å². The first kappa shape index (κ1) is 25.0. The van der Waals surface area contributed by atoms with E-state index < -0.39 is 0 Å². The Morgan fingerprint density at radius 3 is 2.68 bits per heavy atom. The topological polar surface area (TPSA) is 91.3 Å². The van der Waals surface area contributed by atoms with E-state index in [0.29, 0.717) is 22.3 Å². The molecule has 8 nitrogen and oxygen atoms in total. The molecule has 0 amide bonds. The molecule has 198 valence electrons. The SMILES string of the molecule is Nc1ccc2c(c1)nc(CN1CCC(Oc3ccnc(Cc4ccc(Cl)cc4F)n3)CC1)n2C[C@@H]1CCO1. The van der Waals surface area contributed by atoms with Crippen molar-refractivity contribution in [2.24, 2.45) is 0 Å². The zero-order valence-corrected chi connectivity index (χ0v) is 21.8. The number of nitrogen functional groups attached to an aromatic ring is 1. The molecule has 0 unspecified atom stereocenters. The molecule has 0 bridgehead atoms. The van der Waals surface area contributed by atoms with E-state index in [2.05, 4.69) is 25.5 Å². The molecule has 0 radical (unpaired) electrons. The number of rotatable bonds is 8. The van der Waals surface area contributed by atoms with E-state index in [1.807, 2.05) is 12.1 Å². The summed E-state index contributed by atoms with van der Waals surface area (Å²) >= 11 is 5.86. The number of nitrogens with two attached hydrogens (primary N) is 1. The van der Waals surface area contributed by atoms with Crippen molar-refractivity contribution >= 4 is 28.3 Å². The highest BCUT2D eigenvalue weighted by Crippen LogP contribution is 2.25. The summed E-state index contributed by atoms with van der Waals surface area (Å²) in [5, 5.41) is 0.366. The van der Waals surface area contributed by atoms with Gasteiger partial charge >= 0.3 is 0 Å². The van der Waals surface area contributed by atoms with Crippen LogP contribution in [0.3, 0.4) is 0 Å². The molecule has 2 aromatic carbocycles. The second-order valence-corrected chi connectivity index (χ2v) is 10.4. The number of hydrogen-bond acceptors (Lipinski definition) is 7. The highest BCUT2D eigenvalue weighted by Gasteiger charge is 2.25. The van der Waals surface area contributed by atoms with Crippen LogP contribution >= 0.6 is 11.6 Å². The first-order chi connectivity index (χ1) is 18.5. The second-order valence-electron chi connectivity index (χ2n) is 9.99. The fourth-order valence-electron chi connectivity index (χ4n) is 5.08. The quantitative estimate of drug-likeness (QED) is 0.328. The number of hydrogen-bond donors (Lipinski definition) is 1. The molecule has 4 aromatic rings. The van der Waals surface area contributed by atoms with Gasteiger partial charge in [-0.3, -0.25) is 4.90 Å². The number of halogens is 2. The van der Waals surface area contributed by atoms with E-state index in [1.165, 1.54) is 6.07 Å². The maximum atomic E-state index is 14.2. The van der Waals surface area contributed by atoms with Crippen LogP contribution in [-0.4, -0.2) is 56.3 Å². The fourth-order valence-corrected chi connectivity index (χ4v) is 5.23. The zero-order chi connectivity index (χ0) is 26.1. The lowest BCUT2D eigenvalue weighted by molar-refractivity contribution is -0.0592. The third-order valence-corrected chi connectivity index (χ3v) is 7.50. The van der Waals surface area contributed by atoms with Crippen LogP contribution in [-0.2, 0) is 24.2 Å². The van der Waals surface area contributed by atoms with Gasteiger partial charge in [0.15, 0.2) is 0 Å². The van der Waals surface area contributed by atoms with Crippen LogP contribution in [0, 0.1) is 5.82 Å². The molecule has 6 rings (SSSR count). The summed E-state index contributed by atoms with van der Waals surface area (Å²) < 4.78 is 28.4. The average Bonchev–Trinajstić information content (AvgIpc) is 3.20. The molecular formula is C28H30ClFN6O2. The molecular weight excluding hydrogens is 507 g/mol. The fraction of sp³-hybridized carbons (Fsp3) is 0.393. The number of benzene rings is 2. The average molecular weight is 537 g/mol. The first-order valence-corrected chi connectivity index (χ1v) is 13.4. The van der Waals surface area contributed by atoms with Crippen molar-refractivity contribution in [3.8, 4) is 5.88 Å². The molecule has 0 aliphatic carbocycles. The molecule has 2 aliphatic rings. The maximum Gasteiger partial charge on any atom is 0.216 e. The Morgan fingerprint density at radius 2 is 1.92 bits per heavy atom. The molecule has 38 heavy (non-hydrogen) atoms. The predicted molar refractivity (Wildman–Crippen MR) is 144 cm³/mol. The summed E-state index contributed by atoms with van der Waals surface area (Å²) in [6.07, 6.45) is 5.07. The van der Waals surface area contributed by atoms with Gasteiger partial charge in [0.2, 0.25) is 5.88 Å². The lowest BCUT2D eigenvalue weighted by Gasteiger charge is -2.32. The third-order valence-electron chi connectivity index (χ3n) is 7.26. The van der Waals surface area contributed by atoms with Crippen molar-refractivity contribution < 1.29 is 13.9 Å². The monoisotopic (exact) mass is 536 g/mol. The number of piperidine rings is 1. The van der Waals surface area contributed by atoms with Gasteiger partial charge in [0.1, 0.15) is 23.6 Å². The Kier molecular flexibility index (Phi) is 7.14. The minimum absolute atomic E-state index is 0.0586. The van der Waals surface area contributed by atoms with Crippen LogP contribution in [0.1, 0.15) is 36.5 Å². The van der Waals surface area contributed by atoms with Crippen LogP contribution in [0.15, 0.2) is 48.7 Å². The van der Waals surface area contributed by atoms with Crippen molar-refractivity contribution in [3.63, 3.8) is 0 Å². The van der Waals surface area contributed by atoms with Crippen LogP contribution in [0.5, 0.6) is 5.88 Å². The molecule has 2 aromatic heterocycles. The van der Waals surface area contributed by atoms with E-state index >= 15 is 0 Å². The van der Waals surface area contributed by atoms with Gasteiger partial charge in [0, 0.05) is 49.1 Å². The Hall–Kier alpha value is -3.27. The van der Waals surface area contributed by atoms with Gasteiger partial charge in [-0.1, -0.05) is 17.7 Å². The Morgan fingerprint density at radius 1 is 1.08 bits per heavy atom. The standard InChI is InChI=1S/C28H30ClFN6O2/c29-19-2-1-18(23(30)14-19)13-26-32-9-5-28(34-26)38-21-6-10-35(11-7-21)17-27-33-24-15-20(31)3-4-25(24)36(27)16-22-8-12-37-22/h1-5,9,14-15,21-22H,6-8,10-13,16-17,31H2/t22-/m0/s1. The van der Waals surface area contributed by atoms with Crippen molar-refractivity contribution in [2.75, 3.05) is 25.4 Å². The summed E-state index contributed by atoms with van der Waals surface area (Å²) in [4.78, 5) is 16.1. The molecule has 2 saturated heterocycles. The molecule has 1 atom stereocenters. The Bertz CT molecular complexity index is 1430. The summed E-state index contributed by atoms with van der Waals surface area (Å²) in [6.45, 7) is 4.19. The summed E-state index contributed by atoms with van der Waals surface area (Å²) in [6, 6.07) is 12.3. The number of anilines is 1. The van der Waals surface area contributed by atoms with Gasteiger partial charge in [-0.2, -0.15) is 4.98 Å². The largest absolute Gasteiger partial charge is 0.474 e. The smallest absolute Gasteiger partial charge is 0.216 e. The molecule has 0 spiro atoms. The summed E-state index contributed by atoms with van der Waals surface area (Å²) in [5.74, 6) is 1.70. The van der Waals surface area contributed by atoms with Gasteiger partial charge in [0.05, 0.1) is 30.2 Å². The van der Waals surface area contributed by atoms with E-state index in [1.54, 1.807) is 24.4 Å². The van der Waals surface area contributed by atoms with Crippen LogP contribution in [0.25, 0.3) is 11.0 Å². The van der Waals surface area contributed by atoms with Gasteiger partial charge in [0.25, 0.3) is 0 Å². The number of nitrogens with zero attached hydrogens (tertiary/aromatic N) is 5. The summed E-state index contributed by atoms with van der Waals surface area (Å²) in [5.41, 5.74) is 9.26. The van der Waals surface area contributed by atoms with Crippen molar-refractivity contribution in [1.29, 1.82) is 0 Å². The highest BCUT2D eigenvalue weighted by molar-refractivity contribution is 6.30. The number of imidazole rings is 1. The number of likely N-dealkylation sites (tertiary alicyclic amines) is 1. The van der Waals surface area contributed by atoms with Crippen LogP contribution in [0.2, 0.25) is 5.02 Å². The highest BCUT2D eigenvalue weighted by atomic mass is 35.5. The molecule has 0 saturated carbocycles. The van der Waals surface area contributed by atoms with Crippen molar-refractivity contribution in [2.45, 2.75) is 51.0 Å². The van der Waals surface area contributed by atoms with Gasteiger partial charge in [-0.25, -0.2) is 14.4 Å². The minimum atomic E-state index is -0.364. The number of aromatic nitrogens is 4. The molecule has 10 heteroatoms. The van der Waals surface area contributed by atoms with Crippen molar-refractivity contribution in [3.05, 3.63) is 76.7 Å². The predicted octanol–water partition coefficient (Wildman–Crippen LogP) is 4.62. The van der Waals surface area contributed by atoms with Crippen LogP contribution in [0.4, 0.5) is 10.1 Å². The van der Waals surface area contributed by atoms with E-state index in [-0.39, 0.29) is 24.4 Å². The molecule has 4 heterocycles. The molecule has 2 N–H and O–H groups in total. The number of ether oxygens (including phenoxy) is 2. The summed E-state index contributed by atoms with van der Waals surface area (Å²) in [7, 11) is 0. The first-order valence-electron chi connectivity index (χ1n) is 13.0. The molecule has 2 aliphatic heterocycles. The Balaban J connectivity index is 1.07. The van der Waals surface area contributed by atoms with Gasteiger partial charge in [-0.15, -0.1) is 0 Å². The maximum absolute atomic E-state index is 14.2. The van der Waals surface area contributed by atoms with E-state index in [9.17, 15) is 4.39 Å². The van der Waals surface area contributed by atoms with Crippen LogP contribution < -0.4 is 10.5 Å². The zero-order valence-electron chi connectivity index (χ0n) is 21.0. The van der Waals surface area contributed by atoms with Gasteiger partial charge in [-0.05, 0) is 55.2 Å². The number of fused-ring (bicyclic) bond motifs is 1. The van der Waals surface area contributed by atoms with Gasteiger partial charge < -0.3 is 19.8 Å². The normalized spacial score (nSPS) is 18.5.